The maximum absolute atomic E-state index is 7.78. The van der Waals surface area contributed by atoms with Crippen molar-refractivity contribution in [2.45, 2.75) is 364 Å². The number of fused-ring (bicyclic) bond motifs is 2. The van der Waals surface area contributed by atoms with E-state index in [0.717, 1.165) is 37.3 Å². The minimum Gasteiger partial charge on any atom is -0.414 e. The van der Waals surface area contributed by atoms with Gasteiger partial charge in [0.1, 0.15) is 61.7 Å². The molecule has 0 spiro atoms. The fraction of sp³-hybridized carbons (Fsp3) is 0.811. The minimum atomic E-state index is -2.62. The van der Waals surface area contributed by atoms with E-state index >= 15 is 0 Å². The molecule has 6 rings (SSSR count). The van der Waals surface area contributed by atoms with Gasteiger partial charge >= 0.3 is 0 Å². The molecule has 0 aliphatic carbocycles. The van der Waals surface area contributed by atoms with Crippen molar-refractivity contribution in [1.29, 1.82) is 0 Å². The predicted octanol–water partition coefficient (Wildman–Crippen LogP) is 17.7. The van der Waals surface area contributed by atoms with Gasteiger partial charge in [-0.2, -0.15) is 0 Å². The number of ether oxygens (including phenoxy) is 12. The Hall–Kier alpha value is -1.55. The summed E-state index contributed by atoms with van der Waals surface area (Å²) in [7, 11) is -8.74. The van der Waals surface area contributed by atoms with Crippen LogP contribution >= 0.6 is 0 Å². The Bertz CT molecular complexity index is 2540. The molecule has 0 radical (unpaired) electrons. The quantitative estimate of drug-likeness (QED) is 0.0207. The van der Waals surface area contributed by atoms with E-state index in [9.17, 15) is 0 Å². The molecule has 6 heterocycles. The zero-order chi connectivity index (χ0) is 69.6. The first-order chi connectivity index (χ1) is 42.7. The molecule has 6 saturated heterocycles. The lowest BCUT2D eigenvalue weighted by Crippen LogP contribution is -2.60. The van der Waals surface area contributed by atoms with Crippen molar-refractivity contribution in [2.24, 2.45) is 0 Å². The standard InChI is InChI=1S/C74H132O15Si4/c1-29-30-31-32-33-34-35-36-37-38-39-40-41-42-43-54-62(84-71(12,13)80-54)66-64-58(82-73(16,17)86-64)49-56(79-66)61(76-51-75-46-47-90(20,21)22)60(89-93(27,28)70(9,10)11)52(2)44-45-53(88-92(25,26)69(6,7)8)55-48-57-63(85-72(14,15)81-57)67(78-55)65-59(83-74(18,19)87-65)50-77-91(23,24)68(3,4)5/h29-31,34-39,42-43,53-67H,1-2,32-33,40-41,44-51H2,3-28H3/b31-30+,35-34+,37-36+,39-38+,43-42+/t53-,54-,55-,56-,57-,58-,59-,60-,61+,62-,63-,64-,65-,66+,67-/m1/s1. The van der Waals surface area contributed by atoms with Crippen molar-refractivity contribution in [3.8, 4) is 0 Å². The van der Waals surface area contributed by atoms with Crippen LogP contribution < -0.4 is 0 Å². The molecule has 0 aromatic carbocycles. The summed E-state index contributed by atoms with van der Waals surface area (Å²) >= 11 is 0. The van der Waals surface area contributed by atoms with Crippen LogP contribution in [-0.4, -0.2) is 168 Å². The third-order valence-corrected chi connectivity index (χ3v) is 35.6. The smallest absolute Gasteiger partial charge is 0.193 e. The van der Waals surface area contributed by atoms with E-state index in [-0.39, 0.29) is 40.2 Å². The maximum atomic E-state index is 7.78. The molecule has 0 saturated carbocycles. The van der Waals surface area contributed by atoms with Crippen molar-refractivity contribution >= 4 is 33.0 Å². The summed E-state index contributed by atoms with van der Waals surface area (Å²) in [5, 5.41) is -0.285. The Morgan fingerprint density at radius 2 is 0.989 bits per heavy atom. The molecule has 0 bridgehead atoms. The number of unbranched alkanes of at least 4 members (excludes halogenated alkanes) is 2. The van der Waals surface area contributed by atoms with E-state index in [2.05, 4.69) is 182 Å². The summed E-state index contributed by atoms with van der Waals surface area (Å²) < 4.78 is 106. The Balaban J connectivity index is 1.36. The average Bonchev–Trinajstić information content (AvgIpc) is 1.65. The van der Waals surface area contributed by atoms with Crippen molar-refractivity contribution in [3.63, 3.8) is 0 Å². The van der Waals surface area contributed by atoms with Crippen LogP contribution in [0.3, 0.4) is 0 Å². The Kier molecular flexibility index (Phi) is 27.6. The zero-order valence-electron chi connectivity index (χ0n) is 63.0. The molecule has 0 N–H and O–H groups in total. The highest BCUT2D eigenvalue weighted by molar-refractivity contribution is 6.76. The van der Waals surface area contributed by atoms with Crippen LogP contribution in [0.2, 0.25) is 80.1 Å². The summed E-state index contributed by atoms with van der Waals surface area (Å²) in [6.45, 7) is 66.9. The second-order valence-corrected chi connectivity index (χ2v) is 54.6. The van der Waals surface area contributed by atoms with Crippen molar-refractivity contribution in [2.75, 3.05) is 20.0 Å². The Morgan fingerprint density at radius 3 is 1.53 bits per heavy atom. The topological polar surface area (TPSA) is 138 Å². The maximum Gasteiger partial charge on any atom is 0.193 e. The number of hydrogen-bond acceptors (Lipinski definition) is 15. The van der Waals surface area contributed by atoms with Crippen LogP contribution in [0.1, 0.15) is 169 Å². The Labute approximate surface area is 569 Å². The van der Waals surface area contributed by atoms with E-state index in [1.165, 1.54) is 0 Å². The lowest BCUT2D eigenvalue weighted by molar-refractivity contribution is -0.236. The normalized spacial score (nSPS) is 31.3. The molecular weight excluding hydrogens is 1240 g/mol. The van der Waals surface area contributed by atoms with Gasteiger partial charge in [-0.3, -0.25) is 0 Å². The third-order valence-electron chi connectivity index (χ3n) is 20.4. The molecule has 0 aromatic rings. The van der Waals surface area contributed by atoms with Crippen LogP contribution in [0, 0.1) is 0 Å². The highest BCUT2D eigenvalue weighted by Crippen LogP contribution is 2.49. The third kappa shape index (κ3) is 23.0. The largest absolute Gasteiger partial charge is 0.414 e. The molecule has 534 valence electrons. The molecule has 19 heteroatoms. The van der Waals surface area contributed by atoms with Gasteiger partial charge in [-0.25, -0.2) is 0 Å². The van der Waals surface area contributed by atoms with E-state index in [4.69, 9.17) is 76.7 Å². The first-order valence-corrected chi connectivity index (χ1v) is 47.6. The van der Waals surface area contributed by atoms with Gasteiger partial charge in [0.15, 0.2) is 48.1 Å². The van der Waals surface area contributed by atoms with Gasteiger partial charge in [0.25, 0.3) is 0 Å². The van der Waals surface area contributed by atoms with Gasteiger partial charge in [-0.15, -0.1) is 0 Å². The van der Waals surface area contributed by atoms with Gasteiger partial charge in [0.2, 0.25) is 0 Å². The molecule has 15 atom stereocenters. The van der Waals surface area contributed by atoms with Crippen molar-refractivity contribution < 1.29 is 70.1 Å². The molecule has 6 aliphatic heterocycles. The summed E-state index contributed by atoms with van der Waals surface area (Å²) in [4.78, 5) is 0. The van der Waals surface area contributed by atoms with Crippen LogP contribution in [0.5, 0.6) is 0 Å². The van der Waals surface area contributed by atoms with E-state index in [0.29, 0.717) is 38.9 Å². The molecule has 15 nitrogen and oxygen atoms in total. The van der Waals surface area contributed by atoms with Crippen molar-refractivity contribution in [3.05, 3.63) is 85.6 Å². The van der Waals surface area contributed by atoms with E-state index in [1.807, 2.05) is 67.5 Å². The van der Waals surface area contributed by atoms with Gasteiger partial charge in [0.05, 0.1) is 43.2 Å². The predicted molar refractivity (Wildman–Crippen MR) is 386 cm³/mol. The zero-order valence-corrected chi connectivity index (χ0v) is 67.0. The minimum absolute atomic E-state index is 0.00479. The molecule has 0 unspecified atom stereocenters. The van der Waals surface area contributed by atoms with E-state index < -0.39 is 129 Å². The molecular formula is C74H132O15Si4. The van der Waals surface area contributed by atoms with Gasteiger partial charge in [-0.1, -0.05) is 162 Å². The van der Waals surface area contributed by atoms with Gasteiger partial charge < -0.3 is 70.1 Å². The molecule has 6 aliphatic rings. The highest BCUT2D eigenvalue weighted by atomic mass is 28.4. The number of rotatable bonds is 32. The number of hydrogen-bond donors (Lipinski definition) is 0. The lowest BCUT2D eigenvalue weighted by atomic mass is 9.86. The summed E-state index contributed by atoms with van der Waals surface area (Å²) in [5.74, 6) is -3.54. The second-order valence-electron chi connectivity index (χ2n) is 34.7. The van der Waals surface area contributed by atoms with Crippen molar-refractivity contribution in [1.82, 2.24) is 0 Å². The summed E-state index contributed by atoms with van der Waals surface area (Å²) in [5.41, 5.74) is 0.877. The van der Waals surface area contributed by atoms with Crippen LogP contribution in [0.4, 0.5) is 0 Å². The first kappa shape index (κ1) is 80.4. The van der Waals surface area contributed by atoms with Crippen LogP contribution in [-0.2, 0) is 70.1 Å². The van der Waals surface area contributed by atoms with Gasteiger partial charge in [-0.05, 0) is 160 Å². The van der Waals surface area contributed by atoms with E-state index in [1.54, 1.807) is 0 Å². The average molecular weight is 1370 g/mol. The molecule has 0 amide bonds. The SMILES string of the molecule is C=C/C=C/CC/C=C/C=C/C=C/CC/C=C/[C@H]1OC(C)(C)O[C@H]1[C@@H]1O[C@@H]([C@H](OCOCC[Si](C)(C)C)[C@H](O[Si](C)(C)C(C)(C)C)C(=C)CC[C@@H](O[Si](C)(C)C(C)(C)C)[C@H]2C[C@H]3OC(C)(C)O[C@H]3[C@H]([C@@H]3OC(C)(C)O[C@@H]3CO[Si](C)(C)C(C)(C)C)O2)C[C@H]2OC(C)(C)O[C@@H]12. The highest BCUT2D eigenvalue weighted by Gasteiger charge is 2.61. The second kappa shape index (κ2) is 32.0. The summed E-state index contributed by atoms with van der Waals surface area (Å²) in [6, 6.07) is 0.993. The molecule has 0 aromatic heterocycles. The molecule has 93 heavy (non-hydrogen) atoms. The lowest BCUT2D eigenvalue weighted by Gasteiger charge is -2.47. The summed E-state index contributed by atoms with van der Waals surface area (Å²) in [6.07, 6.45) is 21.4. The fourth-order valence-electron chi connectivity index (χ4n) is 12.2. The monoisotopic (exact) mass is 1370 g/mol. The Morgan fingerprint density at radius 1 is 0.527 bits per heavy atom. The molecule has 6 fully saturated rings. The number of allylic oxidation sites excluding steroid dienone is 10. The fourth-order valence-corrected chi connectivity index (χ4v) is 16.7. The van der Waals surface area contributed by atoms with Crippen LogP contribution in [0.25, 0.3) is 0 Å². The van der Waals surface area contributed by atoms with Gasteiger partial charge in [0, 0.05) is 27.5 Å². The van der Waals surface area contributed by atoms with Crippen LogP contribution in [0.15, 0.2) is 85.6 Å². The first-order valence-electron chi connectivity index (χ1n) is 35.2.